The van der Waals surface area contributed by atoms with Crippen LogP contribution in [0.3, 0.4) is 0 Å². The Kier molecular flexibility index (Phi) is 4.31. The third-order valence-corrected chi connectivity index (χ3v) is 6.00. The summed E-state index contributed by atoms with van der Waals surface area (Å²) >= 11 is 0. The van der Waals surface area contributed by atoms with Crippen molar-refractivity contribution in [3.05, 3.63) is 91.3 Å². The van der Waals surface area contributed by atoms with Gasteiger partial charge in [0.1, 0.15) is 0 Å². The highest BCUT2D eigenvalue weighted by molar-refractivity contribution is 7.85. The van der Waals surface area contributed by atoms with Gasteiger partial charge in [-0.1, -0.05) is 54.6 Å². The molecule has 0 atom stereocenters. The molecule has 3 aromatic carbocycles. The summed E-state index contributed by atoms with van der Waals surface area (Å²) in [5.41, 5.74) is 5.37. The fourth-order valence-corrected chi connectivity index (χ4v) is 4.34. The molecule has 0 aliphatic rings. The molecule has 6 heteroatoms. The van der Waals surface area contributed by atoms with Crippen molar-refractivity contribution < 1.29 is 13.0 Å². The summed E-state index contributed by atoms with van der Waals surface area (Å²) in [6, 6.07) is 24.0. The molecule has 5 rings (SSSR count). The summed E-state index contributed by atoms with van der Waals surface area (Å²) < 4.78 is 32.3. The van der Waals surface area contributed by atoms with Gasteiger partial charge in [0.05, 0.1) is 15.9 Å². The van der Waals surface area contributed by atoms with Crippen molar-refractivity contribution in [2.45, 2.75) is 4.90 Å². The van der Waals surface area contributed by atoms with Gasteiger partial charge in [-0.2, -0.15) is 8.42 Å². The summed E-state index contributed by atoms with van der Waals surface area (Å²) in [4.78, 5) is 9.05. The van der Waals surface area contributed by atoms with E-state index in [0.29, 0.717) is 0 Å². The molecule has 2 aromatic heterocycles. The van der Waals surface area contributed by atoms with E-state index in [9.17, 15) is 13.0 Å². The molecule has 0 amide bonds. The second-order valence-corrected chi connectivity index (χ2v) is 8.34. The van der Waals surface area contributed by atoms with Gasteiger partial charge >= 0.3 is 0 Å². The topological polar surface area (TPSA) is 80.2 Å². The number of aromatic nitrogens is 2. The number of hydrogen-bond donors (Lipinski definition) is 1. The zero-order valence-electron chi connectivity index (χ0n) is 15.7. The first-order valence-electron chi connectivity index (χ1n) is 9.33. The van der Waals surface area contributed by atoms with E-state index >= 15 is 0 Å². The zero-order valence-corrected chi connectivity index (χ0v) is 16.5. The monoisotopic (exact) mass is 412 g/mol. The Balaban J connectivity index is 1.95. The van der Waals surface area contributed by atoms with Gasteiger partial charge in [-0.05, 0) is 46.5 Å². The molecule has 5 aromatic rings. The van der Waals surface area contributed by atoms with Crippen molar-refractivity contribution in [3.63, 3.8) is 0 Å². The number of nitrogens with zero attached hydrogens (tertiary/aromatic N) is 2. The van der Waals surface area contributed by atoms with Crippen molar-refractivity contribution in [2.75, 3.05) is 0 Å². The van der Waals surface area contributed by atoms with E-state index in [-0.39, 0.29) is 4.90 Å². The van der Waals surface area contributed by atoms with E-state index in [1.54, 1.807) is 24.5 Å². The van der Waals surface area contributed by atoms with E-state index in [2.05, 4.69) is 9.97 Å². The maximum absolute atomic E-state index is 11.5. The molecule has 0 aliphatic carbocycles. The van der Waals surface area contributed by atoms with Crippen molar-refractivity contribution >= 4 is 31.9 Å². The molecule has 0 spiro atoms. The molecule has 0 fully saturated rings. The zero-order chi connectivity index (χ0) is 20.7. The van der Waals surface area contributed by atoms with Crippen LogP contribution in [0.15, 0.2) is 96.2 Å². The highest BCUT2D eigenvalue weighted by Crippen LogP contribution is 2.43. The average molecular weight is 412 g/mol. The standard InChI is InChI=1S/C24H16N2O3S/c27-30(28,29)18-12-10-17(11-13-18)22-20-9-5-15-26-24(20)23-19(8-4-14-25-23)21(22)16-6-2-1-3-7-16/h1-15H,(H,27,28,29). The summed E-state index contributed by atoms with van der Waals surface area (Å²) in [5, 5.41) is 1.88. The van der Waals surface area contributed by atoms with E-state index in [1.165, 1.54) is 12.1 Å². The third-order valence-electron chi connectivity index (χ3n) is 5.13. The van der Waals surface area contributed by atoms with Crippen LogP contribution in [0.2, 0.25) is 0 Å². The quantitative estimate of drug-likeness (QED) is 0.319. The van der Waals surface area contributed by atoms with E-state index in [0.717, 1.165) is 44.1 Å². The lowest BCUT2D eigenvalue weighted by molar-refractivity contribution is 0.483. The van der Waals surface area contributed by atoms with Gasteiger partial charge in [0.2, 0.25) is 0 Å². The predicted octanol–water partition coefficient (Wildman–Crippen LogP) is 5.36. The highest BCUT2D eigenvalue weighted by Gasteiger charge is 2.19. The minimum absolute atomic E-state index is 0.141. The van der Waals surface area contributed by atoms with Crippen molar-refractivity contribution in [1.82, 2.24) is 9.97 Å². The van der Waals surface area contributed by atoms with Crippen molar-refractivity contribution in [2.24, 2.45) is 0 Å². The summed E-state index contributed by atoms with van der Waals surface area (Å²) in [7, 11) is -4.26. The molecular formula is C24H16N2O3S. The Morgan fingerprint density at radius 3 is 1.60 bits per heavy atom. The van der Waals surface area contributed by atoms with Crippen LogP contribution in [0.1, 0.15) is 0 Å². The second-order valence-electron chi connectivity index (χ2n) is 6.91. The molecule has 146 valence electrons. The van der Waals surface area contributed by atoms with Crippen LogP contribution in [0, 0.1) is 0 Å². The van der Waals surface area contributed by atoms with E-state index in [1.807, 2.05) is 54.6 Å². The molecule has 0 saturated carbocycles. The van der Waals surface area contributed by atoms with Crippen LogP contribution >= 0.6 is 0 Å². The highest BCUT2D eigenvalue weighted by atomic mass is 32.2. The Hall–Kier alpha value is -3.61. The molecule has 0 aliphatic heterocycles. The lowest BCUT2D eigenvalue weighted by Gasteiger charge is -2.17. The van der Waals surface area contributed by atoms with E-state index in [4.69, 9.17) is 0 Å². The predicted molar refractivity (Wildman–Crippen MR) is 118 cm³/mol. The Morgan fingerprint density at radius 2 is 1.10 bits per heavy atom. The smallest absolute Gasteiger partial charge is 0.282 e. The Bertz CT molecular complexity index is 1500. The van der Waals surface area contributed by atoms with Crippen molar-refractivity contribution in [3.8, 4) is 22.3 Å². The second kappa shape index (κ2) is 7.02. The van der Waals surface area contributed by atoms with Crippen LogP contribution in [0.4, 0.5) is 0 Å². The van der Waals surface area contributed by atoms with Gasteiger partial charge in [-0.3, -0.25) is 14.5 Å². The molecule has 0 unspecified atom stereocenters. The van der Waals surface area contributed by atoms with Gasteiger partial charge < -0.3 is 0 Å². The minimum Gasteiger partial charge on any atom is -0.282 e. The van der Waals surface area contributed by atoms with Crippen LogP contribution in [-0.4, -0.2) is 22.9 Å². The summed E-state index contributed by atoms with van der Waals surface area (Å²) in [6.07, 6.45) is 3.50. The number of hydrogen-bond acceptors (Lipinski definition) is 4. The fourth-order valence-electron chi connectivity index (χ4n) is 3.86. The minimum atomic E-state index is -4.26. The Labute approximate surface area is 173 Å². The first-order chi connectivity index (χ1) is 14.5. The van der Waals surface area contributed by atoms with Crippen LogP contribution in [0.25, 0.3) is 44.1 Å². The number of benzene rings is 3. The molecule has 30 heavy (non-hydrogen) atoms. The van der Waals surface area contributed by atoms with Gasteiger partial charge in [0.15, 0.2) is 0 Å². The van der Waals surface area contributed by atoms with Gasteiger partial charge in [-0.25, -0.2) is 0 Å². The molecule has 2 heterocycles. The fraction of sp³-hybridized carbons (Fsp3) is 0. The first-order valence-corrected chi connectivity index (χ1v) is 10.8. The van der Waals surface area contributed by atoms with Crippen LogP contribution in [-0.2, 0) is 10.1 Å². The van der Waals surface area contributed by atoms with Gasteiger partial charge in [0, 0.05) is 23.2 Å². The van der Waals surface area contributed by atoms with Crippen LogP contribution in [0.5, 0.6) is 0 Å². The summed E-state index contributed by atoms with van der Waals surface area (Å²) in [6.45, 7) is 0. The molecule has 0 bridgehead atoms. The molecule has 0 saturated heterocycles. The molecule has 5 nitrogen and oxygen atoms in total. The first kappa shape index (κ1) is 18.4. The van der Waals surface area contributed by atoms with Gasteiger partial charge in [0.25, 0.3) is 10.1 Å². The lowest BCUT2D eigenvalue weighted by Crippen LogP contribution is -1.98. The SMILES string of the molecule is O=S(=O)(O)c1ccc(-c2c(-c3ccccc3)c3cccnc3c3ncccc23)cc1. The number of pyridine rings is 2. The van der Waals surface area contributed by atoms with Gasteiger partial charge in [-0.15, -0.1) is 0 Å². The maximum Gasteiger partial charge on any atom is 0.294 e. The third kappa shape index (κ3) is 3.03. The molecule has 1 N–H and O–H groups in total. The Morgan fingerprint density at radius 1 is 0.600 bits per heavy atom. The van der Waals surface area contributed by atoms with Crippen LogP contribution < -0.4 is 0 Å². The maximum atomic E-state index is 11.5. The van der Waals surface area contributed by atoms with Crippen molar-refractivity contribution in [1.29, 1.82) is 0 Å². The summed E-state index contributed by atoms with van der Waals surface area (Å²) in [5.74, 6) is 0. The normalized spacial score (nSPS) is 11.8. The number of fused-ring (bicyclic) bond motifs is 3. The number of rotatable bonds is 3. The largest absolute Gasteiger partial charge is 0.294 e. The molecular weight excluding hydrogens is 396 g/mol. The van der Waals surface area contributed by atoms with E-state index < -0.39 is 10.1 Å². The average Bonchev–Trinajstić information content (AvgIpc) is 2.78. The molecule has 0 radical (unpaired) electrons. The lowest BCUT2D eigenvalue weighted by atomic mass is 9.88.